The van der Waals surface area contributed by atoms with Gasteiger partial charge < -0.3 is 10.1 Å². The van der Waals surface area contributed by atoms with Gasteiger partial charge in [-0.15, -0.1) is 0 Å². The average Bonchev–Trinajstić information content (AvgIpc) is 2.78. The van der Waals surface area contributed by atoms with Crippen LogP contribution in [0.25, 0.3) is 22.4 Å². The van der Waals surface area contributed by atoms with Crippen LogP contribution in [0.4, 0.5) is 4.39 Å². The van der Waals surface area contributed by atoms with E-state index in [0.717, 1.165) is 24.7 Å². The van der Waals surface area contributed by atoms with Crippen molar-refractivity contribution in [2.75, 3.05) is 12.9 Å². The Bertz CT molecular complexity index is 1220. The molecule has 2 aromatic carbocycles. The molecule has 3 rings (SSSR count). The first-order valence-corrected chi connectivity index (χ1v) is 12.6. The summed E-state index contributed by atoms with van der Waals surface area (Å²) in [6.07, 6.45) is 2.96. The van der Waals surface area contributed by atoms with E-state index in [2.05, 4.69) is 12.2 Å². The molecule has 174 valence electrons. The van der Waals surface area contributed by atoms with Crippen LogP contribution in [0.3, 0.4) is 0 Å². The van der Waals surface area contributed by atoms with Crippen molar-refractivity contribution in [3.8, 4) is 28.3 Å². The number of benzene rings is 2. The Balaban J connectivity index is 2.17. The van der Waals surface area contributed by atoms with Gasteiger partial charge in [0.25, 0.3) is 0 Å². The molecule has 1 amide bonds. The number of nitrogens with one attached hydrogen (secondary N) is 1. The lowest BCUT2D eigenvalue weighted by atomic mass is 9.97. The summed E-state index contributed by atoms with van der Waals surface area (Å²) in [6.45, 7) is 4.19. The number of carbonyl (C=O) groups is 1. The summed E-state index contributed by atoms with van der Waals surface area (Å²) in [6, 6.07) is 14.4. The number of hydrogen-bond donors (Lipinski definition) is 1. The third-order valence-corrected chi connectivity index (χ3v) is 6.17. The third kappa shape index (κ3) is 6.38. The van der Waals surface area contributed by atoms with Gasteiger partial charge in [0.2, 0.25) is 11.8 Å². The number of aromatic nitrogens is 1. The SMILES string of the molecule is CCCCOc1nc(-c2ccc(F)cc2)c(-c2ccc(S(C)(=O)=O)cc2)cc1CNC(C)=O. The van der Waals surface area contributed by atoms with Crippen molar-refractivity contribution in [1.82, 2.24) is 10.3 Å². The Morgan fingerprint density at radius 1 is 1.06 bits per heavy atom. The predicted molar refractivity (Wildman–Crippen MR) is 126 cm³/mol. The lowest BCUT2D eigenvalue weighted by Crippen LogP contribution is -2.20. The first-order valence-electron chi connectivity index (χ1n) is 10.7. The van der Waals surface area contributed by atoms with Gasteiger partial charge in [-0.1, -0.05) is 25.5 Å². The normalized spacial score (nSPS) is 11.3. The van der Waals surface area contributed by atoms with Crippen LogP contribution in [0.1, 0.15) is 32.3 Å². The van der Waals surface area contributed by atoms with Crippen LogP contribution in [0.5, 0.6) is 5.88 Å². The van der Waals surface area contributed by atoms with Crippen LogP contribution >= 0.6 is 0 Å². The van der Waals surface area contributed by atoms with Crippen molar-refractivity contribution < 1.29 is 22.3 Å². The van der Waals surface area contributed by atoms with Gasteiger partial charge in [0.15, 0.2) is 9.84 Å². The van der Waals surface area contributed by atoms with E-state index < -0.39 is 9.84 Å². The molecule has 0 saturated heterocycles. The molecule has 8 heteroatoms. The Morgan fingerprint density at radius 2 is 1.70 bits per heavy atom. The van der Waals surface area contributed by atoms with Crippen LogP contribution in [0.2, 0.25) is 0 Å². The molecule has 0 aliphatic rings. The molecule has 0 spiro atoms. The fourth-order valence-electron chi connectivity index (χ4n) is 3.25. The van der Waals surface area contributed by atoms with Crippen molar-refractivity contribution in [3.05, 3.63) is 66.0 Å². The maximum Gasteiger partial charge on any atom is 0.218 e. The van der Waals surface area contributed by atoms with Crippen molar-refractivity contribution >= 4 is 15.7 Å². The van der Waals surface area contributed by atoms with Crippen LogP contribution < -0.4 is 10.1 Å². The molecule has 33 heavy (non-hydrogen) atoms. The average molecular weight is 471 g/mol. The predicted octanol–water partition coefficient (Wildman–Crippen LogP) is 4.77. The first-order chi connectivity index (χ1) is 15.7. The van der Waals surface area contributed by atoms with Gasteiger partial charge in [0.05, 0.1) is 17.2 Å². The standard InChI is InChI=1S/C25H27FN2O4S/c1-4-5-14-32-25-20(16-27-17(2)29)15-23(18-8-12-22(13-9-18)33(3,30)31)24(28-25)19-6-10-21(26)11-7-19/h6-13,15H,4-5,14,16H2,1-3H3,(H,27,29). The summed E-state index contributed by atoms with van der Waals surface area (Å²) < 4.78 is 43.2. The van der Waals surface area contributed by atoms with Crippen LogP contribution in [0.15, 0.2) is 59.5 Å². The van der Waals surface area contributed by atoms with E-state index >= 15 is 0 Å². The number of pyridine rings is 1. The Kier molecular flexibility index (Phi) is 7.81. The van der Waals surface area contributed by atoms with E-state index in [-0.39, 0.29) is 23.2 Å². The van der Waals surface area contributed by atoms with E-state index in [1.807, 2.05) is 6.07 Å². The van der Waals surface area contributed by atoms with E-state index in [9.17, 15) is 17.6 Å². The van der Waals surface area contributed by atoms with E-state index in [1.165, 1.54) is 31.2 Å². The second kappa shape index (κ2) is 10.6. The lowest BCUT2D eigenvalue weighted by molar-refractivity contribution is -0.119. The van der Waals surface area contributed by atoms with Gasteiger partial charge in [-0.3, -0.25) is 4.79 Å². The zero-order valence-electron chi connectivity index (χ0n) is 18.9. The number of ether oxygens (including phenoxy) is 1. The molecule has 0 fully saturated rings. The molecule has 6 nitrogen and oxygen atoms in total. The minimum Gasteiger partial charge on any atom is -0.477 e. The topological polar surface area (TPSA) is 85.4 Å². The van der Waals surface area contributed by atoms with Crippen LogP contribution in [-0.4, -0.2) is 32.2 Å². The van der Waals surface area contributed by atoms with Crippen molar-refractivity contribution in [1.29, 1.82) is 0 Å². The highest BCUT2D eigenvalue weighted by Crippen LogP contribution is 2.35. The molecular weight excluding hydrogens is 443 g/mol. The summed E-state index contributed by atoms with van der Waals surface area (Å²) in [5.74, 6) is -0.149. The number of rotatable bonds is 9. The number of carbonyl (C=O) groups excluding carboxylic acids is 1. The smallest absolute Gasteiger partial charge is 0.218 e. The first kappa shape index (κ1) is 24.4. The van der Waals surface area contributed by atoms with Crippen molar-refractivity contribution in [3.63, 3.8) is 0 Å². The fraction of sp³-hybridized carbons (Fsp3) is 0.280. The lowest BCUT2D eigenvalue weighted by Gasteiger charge is -2.17. The van der Waals surface area contributed by atoms with Gasteiger partial charge in [-0.05, 0) is 54.4 Å². The number of sulfone groups is 1. The second-order valence-corrected chi connectivity index (χ2v) is 9.78. The Hall–Kier alpha value is -3.26. The van der Waals surface area contributed by atoms with E-state index in [4.69, 9.17) is 9.72 Å². The number of unbranched alkanes of at least 4 members (excludes halogenated alkanes) is 1. The maximum atomic E-state index is 13.6. The van der Waals surface area contributed by atoms with Crippen molar-refractivity contribution in [2.45, 2.75) is 38.1 Å². The highest BCUT2D eigenvalue weighted by Gasteiger charge is 2.17. The molecule has 1 heterocycles. The van der Waals surface area contributed by atoms with Crippen LogP contribution in [0, 0.1) is 5.82 Å². The quantitative estimate of drug-likeness (QED) is 0.455. The summed E-state index contributed by atoms with van der Waals surface area (Å²) in [4.78, 5) is 16.5. The van der Waals surface area contributed by atoms with Gasteiger partial charge >= 0.3 is 0 Å². The van der Waals surface area contributed by atoms with Gasteiger partial charge in [0, 0.05) is 36.4 Å². The van der Waals surface area contributed by atoms with E-state index in [1.54, 1.807) is 24.3 Å². The number of hydrogen-bond acceptors (Lipinski definition) is 5. The van der Waals surface area contributed by atoms with Gasteiger partial charge in [-0.25, -0.2) is 17.8 Å². The monoisotopic (exact) mass is 470 g/mol. The van der Waals surface area contributed by atoms with E-state index in [0.29, 0.717) is 34.9 Å². The minimum atomic E-state index is -3.34. The maximum absolute atomic E-state index is 13.6. The molecule has 0 atom stereocenters. The number of halogens is 1. The highest BCUT2D eigenvalue weighted by molar-refractivity contribution is 7.90. The molecule has 1 aromatic heterocycles. The Morgan fingerprint density at radius 3 is 2.27 bits per heavy atom. The summed E-state index contributed by atoms with van der Waals surface area (Å²) in [7, 11) is -3.34. The summed E-state index contributed by atoms with van der Waals surface area (Å²) >= 11 is 0. The molecule has 0 radical (unpaired) electrons. The van der Waals surface area contributed by atoms with Gasteiger partial charge in [-0.2, -0.15) is 0 Å². The molecule has 0 bridgehead atoms. The molecular formula is C25H27FN2O4S. The van der Waals surface area contributed by atoms with Crippen molar-refractivity contribution in [2.24, 2.45) is 0 Å². The minimum absolute atomic E-state index is 0.184. The molecule has 0 aliphatic heterocycles. The zero-order valence-corrected chi connectivity index (χ0v) is 19.7. The summed E-state index contributed by atoms with van der Waals surface area (Å²) in [5, 5.41) is 2.78. The third-order valence-electron chi connectivity index (χ3n) is 5.04. The number of amides is 1. The molecule has 0 aliphatic carbocycles. The number of nitrogens with zero attached hydrogens (tertiary/aromatic N) is 1. The molecule has 3 aromatic rings. The Labute approximate surface area is 193 Å². The second-order valence-electron chi connectivity index (χ2n) is 7.76. The van der Waals surface area contributed by atoms with Gasteiger partial charge in [0.1, 0.15) is 5.82 Å². The summed E-state index contributed by atoms with van der Waals surface area (Å²) in [5.41, 5.74) is 3.39. The molecule has 0 saturated carbocycles. The largest absolute Gasteiger partial charge is 0.477 e. The molecule has 0 unspecified atom stereocenters. The zero-order chi connectivity index (χ0) is 24.0. The van der Waals surface area contributed by atoms with Crippen LogP contribution in [-0.2, 0) is 21.2 Å². The highest BCUT2D eigenvalue weighted by atomic mass is 32.2. The fourth-order valence-corrected chi connectivity index (χ4v) is 3.88. The molecule has 1 N–H and O–H groups in total.